The molecule has 6 nitrogen and oxygen atoms in total. The van der Waals surface area contributed by atoms with Gasteiger partial charge in [-0.3, -0.25) is 4.79 Å². The minimum absolute atomic E-state index is 0.0593. The van der Waals surface area contributed by atoms with Crippen LogP contribution in [0, 0.1) is 0 Å². The van der Waals surface area contributed by atoms with E-state index in [9.17, 15) is 31.1 Å². The van der Waals surface area contributed by atoms with Crippen molar-refractivity contribution in [2.45, 2.75) is 38.3 Å². The standard InChI is InChI=1S/C23H19F6N5O/c24-22(25,26)15-9-14(10-16(11-15)23(27,28)29)12-34(13-20-30-7-8-31-20)21(35)6-5-19-32-17-3-1-2-4-18(17)33-19/h1-4,7-11H,5-6,12-13H2,(H,30,31)(H,32,33). The van der Waals surface area contributed by atoms with E-state index in [1.807, 2.05) is 18.2 Å². The topological polar surface area (TPSA) is 77.7 Å². The zero-order chi connectivity index (χ0) is 25.2. The Balaban J connectivity index is 1.58. The molecule has 0 unspecified atom stereocenters. The van der Waals surface area contributed by atoms with Gasteiger partial charge in [0.15, 0.2) is 0 Å². The summed E-state index contributed by atoms with van der Waals surface area (Å²) in [6.07, 6.45) is -6.89. The number of carbonyl (C=O) groups excluding carboxylic acids is 1. The second kappa shape index (κ2) is 9.43. The molecule has 0 aliphatic heterocycles. The number of para-hydroxylation sites is 2. The van der Waals surface area contributed by atoms with Crippen LogP contribution in [0.25, 0.3) is 11.0 Å². The quantitative estimate of drug-likeness (QED) is 0.333. The lowest BCUT2D eigenvalue weighted by Crippen LogP contribution is -2.31. The summed E-state index contributed by atoms with van der Waals surface area (Å²) < 4.78 is 79.6. The lowest BCUT2D eigenvalue weighted by atomic mass is 10.0. The molecule has 2 heterocycles. The Morgan fingerprint density at radius 1 is 0.914 bits per heavy atom. The number of carbonyl (C=O) groups is 1. The van der Waals surface area contributed by atoms with Crippen LogP contribution in [0.5, 0.6) is 0 Å². The Labute approximate surface area is 195 Å². The Morgan fingerprint density at radius 3 is 2.20 bits per heavy atom. The smallest absolute Gasteiger partial charge is 0.347 e. The van der Waals surface area contributed by atoms with Gasteiger partial charge in [0.1, 0.15) is 11.6 Å². The van der Waals surface area contributed by atoms with Gasteiger partial charge in [0.2, 0.25) is 5.91 Å². The summed E-state index contributed by atoms with van der Waals surface area (Å²) in [7, 11) is 0. The molecule has 0 atom stereocenters. The maximum Gasteiger partial charge on any atom is 0.416 e. The second-order valence-electron chi connectivity index (χ2n) is 7.90. The third kappa shape index (κ3) is 6.00. The number of fused-ring (bicyclic) bond motifs is 1. The van der Waals surface area contributed by atoms with Gasteiger partial charge in [-0.05, 0) is 35.9 Å². The average Bonchev–Trinajstić information content (AvgIpc) is 3.45. The molecule has 0 aliphatic carbocycles. The summed E-state index contributed by atoms with van der Waals surface area (Å²) in [5.74, 6) is 0.397. The number of rotatable bonds is 7. The van der Waals surface area contributed by atoms with E-state index in [2.05, 4.69) is 19.9 Å². The van der Waals surface area contributed by atoms with Crippen molar-refractivity contribution in [2.75, 3.05) is 0 Å². The zero-order valence-electron chi connectivity index (χ0n) is 18.0. The molecule has 35 heavy (non-hydrogen) atoms. The summed E-state index contributed by atoms with van der Waals surface area (Å²) in [5, 5.41) is 0. The molecule has 4 rings (SSSR count). The number of aromatic nitrogens is 4. The lowest BCUT2D eigenvalue weighted by molar-refractivity contribution is -0.143. The van der Waals surface area contributed by atoms with Crippen LogP contribution >= 0.6 is 0 Å². The molecule has 0 aliphatic rings. The lowest BCUT2D eigenvalue weighted by Gasteiger charge is -2.23. The molecular formula is C23H19F6N5O. The maximum absolute atomic E-state index is 13.3. The van der Waals surface area contributed by atoms with Crippen molar-refractivity contribution in [2.24, 2.45) is 0 Å². The van der Waals surface area contributed by atoms with Crippen molar-refractivity contribution in [3.8, 4) is 0 Å². The van der Waals surface area contributed by atoms with E-state index in [1.165, 1.54) is 12.4 Å². The predicted molar refractivity (Wildman–Crippen MR) is 114 cm³/mol. The van der Waals surface area contributed by atoms with Gasteiger partial charge in [0, 0.05) is 31.8 Å². The van der Waals surface area contributed by atoms with Gasteiger partial charge in [-0.15, -0.1) is 0 Å². The number of nitrogens with zero attached hydrogens (tertiary/aromatic N) is 3. The first-order valence-electron chi connectivity index (χ1n) is 10.5. The van der Waals surface area contributed by atoms with Gasteiger partial charge < -0.3 is 14.9 Å². The third-order valence-electron chi connectivity index (χ3n) is 5.28. The van der Waals surface area contributed by atoms with Crippen molar-refractivity contribution >= 4 is 16.9 Å². The third-order valence-corrected chi connectivity index (χ3v) is 5.28. The maximum atomic E-state index is 13.3. The number of hydrogen-bond acceptors (Lipinski definition) is 3. The van der Waals surface area contributed by atoms with E-state index < -0.39 is 35.9 Å². The van der Waals surface area contributed by atoms with Crippen LogP contribution in [0.3, 0.4) is 0 Å². The number of aromatic amines is 2. The van der Waals surface area contributed by atoms with Crippen molar-refractivity contribution in [1.29, 1.82) is 0 Å². The number of amides is 1. The summed E-state index contributed by atoms with van der Waals surface area (Å²) in [6.45, 7) is -0.587. The molecule has 0 bridgehead atoms. The molecule has 0 saturated heterocycles. The molecule has 184 valence electrons. The van der Waals surface area contributed by atoms with Gasteiger partial charge in [-0.1, -0.05) is 12.1 Å². The van der Waals surface area contributed by atoms with Gasteiger partial charge in [-0.2, -0.15) is 26.3 Å². The number of imidazole rings is 2. The molecule has 0 saturated carbocycles. The van der Waals surface area contributed by atoms with Gasteiger partial charge in [-0.25, -0.2) is 9.97 Å². The average molecular weight is 495 g/mol. The largest absolute Gasteiger partial charge is 0.416 e. The molecule has 4 aromatic rings. The van der Waals surface area contributed by atoms with Crippen molar-refractivity contribution in [3.63, 3.8) is 0 Å². The van der Waals surface area contributed by atoms with Gasteiger partial charge in [0.25, 0.3) is 0 Å². The minimum Gasteiger partial charge on any atom is -0.347 e. The van der Waals surface area contributed by atoms with E-state index in [0.717, 1.165) is 10.4 Å². The van der Waals surface area contributed by atoms with Crippen LogP contribution in [0.4, 0.5) is 26.3 Å². The highest BCUT2D eigenvalue weighted by molar-refractivity contribution is 5.77. The van der Waals surface area contributed by atoms with Gasteiger partial charge >= 0.3 is 12.4 Å². The van der Waals surface area contributed by atoms with Crippen LogP contribution < -0.4 is 0 Å². The van der Waals surface area contributed by atoms with Crippen LogP contribution in [0.1, 0.15) is 34.8 Å². The van der Waals surface area contributed by atoms with Crippen molar-refractivity contribution in [3.05, 3.63) is 83.2 Å². The molecular weight excluding hydrogens is 476 g/mol. The highest BCUT2D eigenvalue weighted by Gasteiger charge is 2.37. The zero-order valence-corrected chi connectivity index (χ0v) is 18.0. The van der Waals surface area contributed by atoms with E-state index in [4.69, 9.17) is 0 Å². The Morgan fingerprint density at radius 2 is 1.60 bits per heavy atom. The molecule has 2 aromatic carbocycles. The number of benzene rings is 2. The number of aryl methyl sites for hydroxylation is 1. The predicted octanol–water partition coefficient (Wildman–Crippen LogP) is 5.49. The fourth-order valence-corrected chi connectivity index (χ4v) is 3.64. The van der Waals surface area contributed by atoms with E-state index in [0.29, 0.717) is 29.3 Å². The van der Waals surface area contributed by atoms with Crippen LogP contribution in [-0.2, 0) is 36.7 Å². The second-order valence-corrected chi connectivity index (χ2v) is 7.90. The number of H-pyrrole nitrogens is 2. The fourth-order valence-electron chi connectivity index (χ4n) is 3.64. The van der Waals surface area contributed by atoms with Crippen molar-refractivity contribution < 1.29 is 31.1 Å². The summed E-state index contributed by atoms with van der Waals surface area (Å²) in [6, 6.07) is 8.56. The Bertz CT molecular complexity index is 1240. The fraction of sp³-hybridized carbons (Fsp3) is 0.261. The highest BCUT2D eigenvalue weighted by Crippen LogP contribution is 2.36. The van der Waals surface area contributed by atoms with Crippen LogP contribution in [0.2, 0.25) is 0 Å². The van der Waals surface area contributed by atoms with Crippen LogP contribution in [-0.4, -0.2) is 30.7 Å². The highest BCUT2D eigenvalue weighted by atomic mass is 19.4. The molecule has 1 amide bonds. The van der Waals surface area contributed by atoms with Crippen LogP contribution in [0.15, 0.2) is 54.9 Å². The first-order valence-corrected chi connectivity index (χ1v) is 10.5. The summed E-state index contributed by atoms with van der Waals surface area (Å²) >= 11 is 0. The number of alkyl halides is 6. The Kier molecular flexibility index (Phi) is 6.55. The molecule has 0 spiro atoms. The minimum atomic E-state index is -4.98. The van der Waals surface area contributed by atoms with Crippen molar-refractivity contribution in [1.82, 2.24) is 24.8 Å². The summed E-state index contributed by atoms with van der Waals surface area (Å²) in [5.41, 5.74) is -1.67. The number of nitrogens with one attached hydrogen (secondary N) is 2. The molecule has 0 radical (unpaired) electrons. The SMILES string of the molecule is O=C(CCc1nc2ccccc2[nH]1)N(Cc1cc(C(F)(F)F)cc(C(F)(F)F)c1)Cc1ncc[nH]1. The Hall–Kier alpha value is -3.83. The molecule has 12 heteroatoms. The number of halogens is 6. The van der Waals surface area contributed by atoms with E-state index in [1.54, 1.807) is 6.07 Å². The van der Waals surface area contributed by atoms with E-state index >= 15 is 0 Å². The molecule has 0 fully saturated rings. The normalized spacial score (nSPS) is 12.3. The van der Waals surface area contributed by atoms with E-state index in [-0.39, 0.29) is 31.0 Å². The molecule has 2 N–H and O–H groups in total. The monoisotopic (exact) mass is 495 g/mol. The molecule has 2 aromatic heterocycles. The first kappa shape index (κ1) is 24.3. The summed E-state index contributed by atoms with van der Waals surface area (Å²) in [4.78, 5) is 28.5. The number of hydrogen-bond donors (Lipinski definition) is 2. The first-order chi connectivity index (χ1) is 16.5. The van der Waals surface area contributed by atoms with Gasteiger partial charge in [0.05, 0.1) is 28.7 Å².